The number of methoxy groups -OCH3 is 2. The molecule has 1 aromatic heterocycles. The summed E-state index contributed by atoms with van der Waals surface area (Å²) >= 11 is 0. The van der Waals surface area contributed by atoms with E-state index in [9.17, 15) is 4.79 Å². The van der Waals surface area contributed by atoms with Crippen LogP contribution in [0.3, 0.4) is 0 Å². The number of nitrogens with zero attached hydrogens (tertiary/aromatic N) is 3. The molecule has 0 spiro atoms. The highest BCUT2D eigenvalue weighted by Gasteiger charge is 2.12. The van der Waals surface area contributed by atoms with Crippen LogP contribution in [0.4, 0.5) is 5.69 Å². The third-order valence-electron chi connectivity index (χ3n) is 2.77. The Morgan fingerprint density at radius 3 is 2.76 bits per heavy atom. The summed E-state index contributed by atoms with van der Waals surface area (Å²) in [4.78, 5) is 12.1. The van der Waals surface area contributed by atoms with Crippen molar-refractivity contribution in [3.8, 4) is 11.5 Å². The first-order chi connectivity index (χ1) is 10.2. The number of amides is 1. The summed E-state index contributed by atoms with van der Waals surface area (Å²) in [5.74, 6) is 0.761. The molecule has 0 saturated carbocycles. The molecule has 8 nitrogen and oxygen atoms in total. The number of carbonyl (C=O) groups excluding carboxylic acids is 1. The summed E-state index contributed by atoms with van der Waals surface area (Å²) in [6.07, 6.45) is 1.54. The lowest BCUT2D eigenvalue weighted by Gasteiger charge is -2.09. The van der Waals surface area contributed by atoms with Gasteiger partial charge >= 0.3 is 0 Å². The second-order valence-electron chi connectivity index (χ2n) is 4.18. The van der Waals surface area contributed by atoms with Gasteiger partial charge in [-0.1, -0.05) is 5.21 Å². The zero-order chi connectivity index (χ0) is 15.2. The van der Waals surface area contributed by atoms with Crippen molar-refractivity contribution < 1.29 is 14.3 Å². The van der Waals surface area contributed by atoms with Crippen molar-refractivity contribution in [2.75, 3.05) is 26.1 Å². The van der Waals surface area contributed by atoms with Gasteiger partial charge < -0.3 is 20.5 Å². The molecule has 1 heterocycles. The Hall–Kier alpha value is -2.61. The molecule has 2 rings (SSSR count). The molecule has 112 valence electrons. The summed E-state index contributed by atoms with van der Waals surface area (Å²) < 4.78 is 11.8. The van der Waals surface area contributed by atoms with Crippen molar-refractivity contribution >= 4 is 11.6 Å². The first-order valence-electron chi connectivity index (χ1n) is 6.31. The molecule has 1 aromatic carbocycles. The van der Waals surface area contributed by atoms with Crippen LogP contribution in [0.5, 0.6) is 11.5 Å². The number of carbonyl (C=O) groups is 1. The predicted octanol–water partition coefficient (Wildman–Crippen LogP) is 0.506. The Kier molecular flexibility index (Phi) is 4.72. The second-order valence-corrected chi connectivity index (χ2v) is 4.18. The van der Waals surface area contributed by atoms with E-state index in [2.05, 4.69) is 15.6 Å². The summed E-state index contributed by atoms with van der Waals surface area (Å²) in [7, 11) is 3.08. The van der Waals surface area contributed by atoms with Crippen LogP contribution in [0, 0.1) is 0 Å². The molecular weight excluding hydrogens is 274 g/mol. The lowest BCUT2D eigenvalue weighted by atomic mass is 10.2. The fourth-order valence-electron chi connectivity index (χ4n) is 1.75. The Labute approximate surface area is 121 Å². The van der Waals surface area contributed by atoms with E-state index in [1.165, 1.54) is 11.8 Å². The normalized spacial score (nSPS) is 10.2. The fourth-order valence-corrected chi connectivity index (χ4v) is 1.75. The van der Waals surface area contributed by atoms with E-state index in [1.807, 2.05) is 0 Å². The number of rotatable bonds is 6. The first kappa shape index (κ1) is 14.8. The lowest BCUT2D eigenvalue weighted by molar-refractivity contribution is 0.102. The minimum atomic E-state index is -0.356. The molecule has 21 heavy (non-hydrogen) atoms. The molecule has 3 N–H and O–H groups in total. The number of aromatic nitrogens is 3. The van der Waals surface area contributed by atoms with E-state index in [1.54, 1.807) is 31.5 Å². The molecule has 0 aliphatic carbocycles. The number of hydrogen-bond acceptors (Lipinski definition) is 6. The third kappa shape index (κ3) is 3.48. The first-order valence-corrected chi connectivity index (χ1v) is 6.31. The van der Waals surface area contributed by atoms with Crippen molar-refractivity contribution in [2.24, 2.45) is 5.73 Å². The highest BCUT2D eigenvalue weighted by atomic mass is 16.5. The largest absolute Gasteiger partial charge is 0.493 e. The number of nitrogens with one attached hydrogen (secondary N) is 1. The van der Waals surface area contributed by atoms with Gasteiger partial charge in [0.2, 0.25) is 0 Å². The van der Waals surface area contributed by atoms with Gasteiger partial charge in [-0.15, -0.1) is 5.10 Å². The van der Waals surface area contributed by atoms with E-state index in [0.717, 1.165) is 0 Å². The number of anilines is 1. The van der Waals surface area contributed by atoms with Crippen LogP contribution in [0.25, 0.3) is 0 Å². The second kappa shape index (κ2) is 6.71. The van der Waals surface area contributed by atoms with E-state index >= 15 is 0 Å². The maximum absolute atomic E-state index is 12.1. The number of hydrogen-bond donors (Lipinski definition) is 2. The van der Waals surface area contributed by atoms with Crippen LogP contribution in [-0.4, -0.2) is 41.7 Å². The van der Waals surface area contributed by atoms with Crippen LogP contribution in [0.2, 0.25) is 0 Å². The van der Waals surface area contributed by atoms with E-state index in [4.69, 9.17) is 15.2 Å². The molecule has 0 bridgehead atoms. The minimum absolute atomic E-state index is 0.221. The average molecular weight is 291 g/mol. The summed E-state index contributed by atoms with van der Waals surface area (Å²) in [6.45, 7) is 0.941. The van der Waals surface area contributed by atoms with Crippen molar-refractivity contribution in [1.29, 1.82) is 0 Å². The molecule has 0 fully saturated rings. The van der Waals surface area contributed by atoms with E-state index < -0.39 is 0 Å². The van der Waals surface area contributed by atoms with E-state index in [0.29, 0.717) is 30.3 Å². The topological polar surface area (TPSA) is 104 Å². The molecule has 0 radical (unpaired) electrons. The molecule has 0 atom stereocenters. The number of ether oxygens (including phenoxy) is 2. The van der Waals surface area contributed by atoms with Crippen LogP contribution in [0.1, 0.15) is 10.5 Å². The van der Waals surface area contributed by atoms with Gasteiger partial charge in [-0.3, -0.25) is 9.48 Å². The molecule has 1 amide bonds. The van der Waals surface area contributed by atoms with Gasteiger partial charge in [-0.2, -0.15) is 0 Å². The maximum Gasteiger partial charge on any atom is 0.277 e. The number of benzene rings is 1. The third-order valence-corrected chi connectivity index (χ3v) is 2.77. The van der Waals surface area contributed by atoms with Crippen molar-refractivity contribution in [3.63, 3.8) is 0 Å². The van der Waals surface area contributed by atoms with Crippen LogP contribution in [-0.2, 0) is 6.54 Å². The molecule has 0 aliphatic rings. The van der Waals surface area contributed by atoms with Crippen LogP contribution < -0.4 is 20.5 Å². The van der Waals surface area contributed by atoms with Gasteiger partial charge in [0.25, 0.3) is 5.91 Å². The Balaban J connectivity index is 2.11. The maximum atomic E-state index is 12.1. The zero-order valence-corrected chi connectivity index (χ0v) is 11.9. The lowest BCUT2D eigenvalue weighted by Crippen LogP contribution is -2.13. The van der Waals surface area contributed by atoms with Gasteiger partial charge in [0.1, 0.15) is 0 Å². The molecule has 8 heteroatoms. The zero-order valence-electron chi connectivity index (χ0n) is 11.9. The van der Waals surface area contributed by atoms with Crippen LogP contribution in [0.15, 0.2) is 24.4 Å². The van der Waals surface area contributed by atoms with Gasteiger partial charge in [0, 0.05) is 18.3 Å². The quantitative estimate of drug-likeness (QED) is 0.803. The SMILES string of the molecule is COc1ccc(NC(=O)c2cn(CCN)nn2)cc1OC. The number of nitrogens with two attached hydrogens (primary N) is 1. The van der Waals surface area contributed by atoms with Crippen molar-refractivity contribution in [2.45, 2.75) is 6.54 Å². The van der Waals surface area contributed by atoms with Gasteiger partial charge in [-0.05, 0) is 12.1 Å². The van der Waals surface area contributed by atoms with Crippen molar-refractivity contribution in [3.05, 3.63) is 30.1 Å². The molecule has 2 aromatic rings. The van der Waals surface area contributed by atoms with Crippen molar-refractivity contribution in [1.82, 2.24) is 15.0 Å². The summed E-state index contributed by atoms with van der Waals surface area (Å²) in [5, 5.41) is 10.3. The average Bonchev–Trinajstić information content (AvgIpc) is 2.96. The predicted molar refractivity (Wildman–Crippen MR) is 76.6 cm³/mol. The Morgan fingerprint density at radius 2 is 2.10 bits per heavy atom. The smallest absolute Gasteiger partial charge is 0.277 e. The monoisotopic (exact) mass is 291 g/mol. The van der Waals surface area contributed by atoms with Gasteiger partial charge in [0.15, 0.2) is 17.2 Å². The minimum Gasteiger partial charge on any atom is -0.493 e. The highest BCUT2D eigenvalue weighted by molar-refractivity contribution is 6.02. The highest BCUT2D eigenvalue weighted by Crippen LogP contribution is 2.29. The summed E-state index contributed by atoms with van der Waals surface area (Å²) in [6, 6.07) is 5.09. The molecule has 0 aliphatic heterocycles. The summed E-state index contributed by atoms with van der Waals surface area (Å²) in [5.41, 5.74) is 6.21. The molecule has 0 saturated heterocycles. The van der Waals surface area contributed by atoms with Crippen LogP contribution >= 0.6 is 0 Å². The molecule has 0 unspecified atom stereocenters. The van der Waals surface area contributed by atoms with Gasteiger partial charge in [-0.25, -0.2) is 0 Å². The van der Waals surface area contributed by atoms with E-state index in [-0.39, 0.29) is 11.6 Å². The van der Waals surface area contributed by atoms with Gasteiger partial charge in [0.05, 0.1) is 27.0 Å². The Morgan fingerprint density at radius 1 is 1.33 bits per heavy atom. The fraction of sp³-hybridized carbons (Fsp3) is 0.308. The molecular formula is C13H17N5O3. The Bertz CT molecular complexity index is 626. The standard InChI is InChI=1S/C13H17N5O3/c1-20-11-4-3-9(7-12(11)21-2)15-13(19)10-8-18(6-5-14)17-16-10/h3-4,7-8H,5-6,14H2,1-2H3,(H,15,19).